The lowest BCUT2D eigenvalue weighted by molar-refractivity contribution is -0.123. The van der Waals surface area contributed by atoms with Crippen molar-refractivity contribution in [1.82, 2.24) is 15.6 Å². The monoisotopic (exact) mass is 366 g/mol. The molecule has 1 aliphatic rings. The van der Waals surface area contributed by atoms with Gasteiger partial charge in [-0.25, -0.2) is 0 Å². The van der Waals surface area contributed by atoms with E-state index in [0.29, 0.717) is 24.4 Å². The van der Waals surface area contributed by atoms with Crippen molar-refractivity contribution in [2.75, 3.05) is 6.54 Å². The Hall–Kier alpha value is -2.73. The molecule has 0 spiro atoms. The predicted octanol–water partition coefficient (Wildman–Crippen LogP) is 1.67. The second-order valence-electron chi connectivity index (χ2n) is 7.00. The second-order valence-corrected chi connectivity index (χ2v) is 7.00. The lowest BCUT2D eigenvalue weighted by Gasteiger charge is -2.24. The molecular formula is C21H26N4O2. The largest absolute Gasteiger partial charge is 0.351 e. The second kappa shape index (κ2) is 9.28. The molecule has 6 heteroatoms. The predicted molar refractivity (Wildman–Crippen MR) is 104 cm³/mol. The number of hydrogen-bond acceptors (Lipinski definition) is 4. The third-order valence-electron chi connectivity index (χ3n) is 5.11. The number of nitrogens with two attached hydrogens (primary N) is 1. The van der Waals surface area contributed by atoms with Gasteiger partial charge in [-0.3, -0.25) is 14.6 Å². The summed E-state index contributed by atoms with van der Waals surface area (Å²) in [6, 6.07) is 12.1. The molecule has 27 heavy (non-hydrogen) atoms. The number of amides is 2. The van der Waals surface area contributed by atoms with Crippen LogP contribution in [0.25, 0.3) is 0 Å². The van der Waals surface area contributed by atoms with Gasteiger partial charge in [-0.2, -0.15) is 0 Å². The summed E-state index contributed by atoms with van der Waals surface area (Å²) in [4.78, 5) is 29.6. The molecule has 3 rings (SSSR count). The van der Waals surface area contributed by atoms with Crippen LogP contribution in [0.3, 0.4) is 0 Å². The average molecular weight is 366 g/mol. The van der Waals surface area contributed by atoms with Crippen LogP contribution < -0.4 is 16.4 Å². The molecule has 1 heterocycles. The van der Waals surface area contributed by atoms with Crippen LogP contribution in [0.15, 0.2) is 54.9 Å². The van der Waals surface area contributed by atoms with Crippen LogP contribution in [0.5, 0.6) is 0 Å². The molecule has 1 saturated carbocycles. The van der Waals surface area contributed by atoms with Gasteiger partial charge in [0.05, 0.1) is 0 Å². The molecule has 0 aliphatic heterocycles. The van der Waals surface area contributed by atoms with Crippen molar-refractivity contribution in [2.24, 2.45) is 11.7 Å². The van der Waals surface area contributed by atoms with Crippen molar-refractivity contribution in [3.8, 4) is 0 Å². The summed E-state index contributed by atoms with van der Waals surface area (Å²) in [5.74, 6) is -0.132. The van der Waals surface area contributed by atoms with Crippen LogP contribution in [0.1, 0.15) is 35.2 Å². The minimum absolute atomic E-state index is 0.0764. The highest BCUT2D eigenvalue weighted by molar-refractivity contribution is 5.97. The van der Waals surface area contributed by atoms with E-state index in [-0.39, 0.29) is 17.9 Å². The summed E-state index contributed by atoms with van der Waals surface area (Å²) < 4.78 is 0. The molecule has 0 radical (unpaired) electrons. The van der Waals surface area contributed by atoms with Crippen molar-refractivity contribution < 1.29 is 9.59 Å². The topological polar surface area (TPSA) is 97.1 Å². The molecule has 2 amide bonds. The van der Waals surface area contributed by atoms with Gasteiger partial charge in [0.1, 0.15) is 6.04 Å². The summed E-state index contributed by atoms with van der Waals surface area (Å²) in [5, 5.41) is 5.98. The standard InChI is InChI=1S/C21H26N4O2/c22-13-17-9-4-10-18(17)24-21(27)19(12-15-6-5-11-23-14-15)25-20(26)16-7-2-1-3-8-16/h1-3,5-8,11,14,17-19H,4,9-10,12-13,22H2,(H,24,27)(H,25,26). The van der Waals surface area contributed by atoms with E-state index in [9.17, 15) is 9.59 Å². The number of carbonyl (C=O) groups is 2. The Morgan fingerprint density at radius 2 is 1.96 bits per heavy atom. The Balaban J connectivity index is 1.72. The van der Waals surface area contributed by atoms with Crippen molar-refractivity contribution in [3.63, 3.8) is 0 Å². The van der Waals surface area contributed by atoms with Crippen LogP contribution in [0.2, 0.25) is 0 Å². The first kappa shape index (κ1) is 19.0. The van der Waals surface area contributed by atoms with Gasteiger partial charge >= 0.3 is 0 Å². The quantitative estimate of drug-likeness (QED) is 0.694. The van der Waals surface area contributed by atoms with Crippen molar-refractivity contribution in [2.45, 2.75) is 37.8 Å². The van der Waals surface area contributed by atoms with Gasteiger partial charge in [0.2, 0.25) is 5.91 Å². The summed E-state index contributed by atoms with van der Waals surface area (Å²) in [6.45, 7) is 0.564. The highest BCUT2D eigenvalue weighted by Crippen LogP contribution is 2.24. The maximum absolute atomic E-state index is 12.9. The Labute approximate surface area is 159 Å². The fraction of sp³-hybridized carbons (Fsp3) is 0.381. The van der Waals surface area contributed by atoms with Gasteiger partial charge in [0.25, 0.3) is 5.91 Å². The lowest BCUT2D eigenvalue weighted by Crippen LogP contribution is -2.52. The minimum atomic E-state index is -0.666. The number of aromatic nitrogens is 1. The summed E-state index contributed by atoms with van der Waals surface area (Å²) in [6.07, 6.45) is 6.82. The van der Waals surface area contributed by atoms with E-state index < -0.39 is 6.04 Å². The van der Waals surface area contributed by atoms with Crippen molar-refractivity contribution in [3.05, 3.63) is 66.0 Å². The fourth-order valence-electron chi connectivity index (χ4n) is 3.59. The average Bonchev–Trinajstić information content (AvgIpc) is 3.16. The number of hydrogen-bond donors (Lipinski definition) is 3. The van der Waals surface area contributed by atoms with Gasteiger partial charge in [-0.1, -0.05) is 30.7 Å². The zero-order valence-electron chi connectivity index (χ0n) is 15.3. The maximum atomic E-state index is 12.9. The van der Waals surface area contributed by atoms with Gasteiger partial charge in [0, 0.05) is 30.4 Å². The van der Waals surface area contributed by atoms with E-state index in [1.807, 2.05) is 18.2 Å². The van der Waals surface area contributed by atoms with Crippen molar-refractivity contribution in [1.29, 1.82) is 0 Å². The van der Waals surface area contributed by atoms with Gasteiger partial charge in [-0.15, -0.1) is 0 Å². The summed E-state index contributed by atoms with van der Waals surface area (Å²) >= 11 is 0. The lowest BCUT2D eigenvalue weighted by atomic mass is 10.0. The SMILES string of the molecule is NCC1CCCC1NC(=O)C(Cc1cccnc1)NC(=O)c1ccccc1. The van der Waals surface area contributed by atoms with E-state index >= 15 is 0 Å². The number of rotatable bonds is 7. The molecule has 1 aromatic carbocycles. The number of nitrogens with zero attached hydrogens (tertiary/aromatic N) is 1. The number of pyridine rings is 1. The molecule has 3 atom stereocenters. The third kappa shape index (κ3) is 5.14. The van der Waals surface area contributed by atoms with Gasteiger partial charge in [0.15, 0.2) is 0 Å². The molecule has 142 valence electrons. The molecule has 6 nitrogen and oxygen atoms in total. The molecule has 0 bridgehead atoms. The highest BCUT2D eigenvalue weighted by atomic mass is 16.2. The first-order valence-electron chi connectivity index (χ1n) is 9.42. The smallest absolute Gasteiger partial charge is 0.251 e. The zero-order chi connectivity index (χ0) is 19.1. The normalized spacial score (nSPS) is 20.0. The van der Waals surface area contributed by atoms with Gasteiger partial charge < -0.3 is 16.4 Å². The highest BCUT2D eigenvalue weighted by Gasteiger charge is 2.30. The first-order chi connectivity index (χ1) is 13.2. The van der Waals surface area contributed by atoms with Crippen LogP contribution in [-0.2, 0) is 11.2 Å². The summed E-state index contributed by atoms with van der Waals surface area (Å²) in [7, 11) is 0. The van der Waals surface area contributed by atoms with Gasteiger partial charge in [-0.05, 0) is 49.1 Å². The van der Waals surface area contributed by atoms with Crippen LogP contribution in [0, 0.1) is 5.92 Å². The molecule has 1 fully saturated rings. The van der Waals surface area contributed by atoms with E-state index in [2.05, 4.69) is 15.6 Å². The van der Waals surface area contributed by atoms with E-state index in [1.165, 1.54) is 0 Å². The summed E-state index contributed by atoms with van der Waals surface area (Å²) in [5.41, 5.74) is 7.25. The Bertz CT molecular complexity index is 751. The first-order valence-corrected chi connectivity index (χ1v) is 9.42. The molecular weight excluding hydrogens is 340 g/mol. The van der Waals surface area contributed by atoms with E-state index in [4.69, 9.17) is 5.73 Å². The van der Waals surface area contributed by atoms with Crippen molar-refractivity contribution >= 4 is 11.8 Å². The molecule has 2 aromatic rings. The Morgan fingerprint density at radius 1 is 1.15 bits per heavy atom. The molecule has 3 unspecified atom stereocenters. The molecule has 4 N–H and O–H groups in total. The third-order valence-corrected chi connectivity index (χ3v) is 5.11. The van der Waals surface area contributed by atoms with E-state index in [1.54, 1.807) is 36.7 Å². The van der Waals surface area contributed by atoms with Crippen LogP contribution >= 0.6 is 0 Å². The number of benzene rings is 1. The van der Waals surface area contributed by atoms with Crippen LogP contribution in [0.4, 0.5) is 0 Å². The fourth-order valence-corrected chi connectivity index (χ4v) is 3.59. The molecule has 1 aromatic heterocycles. The minimum Gasteiger partial charge on any atom is -0.351 e. The Kier molecular flexibility index (Phi) is 6.54. The Morgan fingerprint density at radius 3 is 2.67 bits per heavy atom. The maximum Gasteiger partial charge on any atom is 0.251 e. The molecule has 1 aliphatic carbocycles. The van der Waals surface area contributed by atoms with Crippen LogP contribution in [-0.4, -0.2) is 35.4 Å². The molecule has 0 saturated heterocycles. The van der Waals surface area contributed by atoms with E-state index in [0.717, 1.165) is 24.8 Å². The number of carbonyl (C=O) groups excluding carboxylic acids is 2. The number of nitrogens with one attached hydrogen (secondary N) is 2. The zero-order valence-corrected chi connectivity index (χ0v) is 15.3.